The molecule has 0 saturated carbocycles. The number of amides is 2. The van der Waals surface area contributed by atoms with Crippen LogP contribution < -0.4 is 5.32 Å². The van der Waals surface area contributed by atoms with Crippen LogP contribution in [0.1, 0.15) is 36.6 Å². The van der Waals surface area contributed by atoms with Gasteiger partial charge in [0, 0.05) is 19.7 Å². The molecule has 2 atom stereocenters. The Balaban J connectivity index is 2.05. The topological polar surface area (TPSA) is 125 Å². The monoisotopic (exact) mass is 372 g/mol. The number of rotatable bonds is 5. The van der Waals surface area contributed by atoms with E-state index in [1.54, 1.807) is 6.92 Å². The number of aryl methyl sites for hydroxylation is 1. The Morgan fingerprint density at radius 2 is 2.16 bits per heavy atom. The van der Waals surface area contributed by atoms with Crippen molar-refractivity contribution in [3.8, 4) is 0 Å². The number of nitrogens with zero attached hydrogens (tertiary/aromatic N) is 2. The molecule has 9 nitrogen and oxygen atoms in total. The Bertz CT molecular complexity index is 662. The number of aromatic nitrogens is 2. The third-order valence-corrected chi connectivity index (χ3v) is 4.34. The number of carbonyl (C=O) groups excluding carboxylic acids is 2. The van der Waals surface area contributed by atoms with Crippen molar-refractivity contribution < 1.29 is 24.2 Å². The van der Waals surface area contributed by atoms with E-state index in [4.69, 9.17) is 21.4 Å². The SMILES string of the molecule is CCO[C@H]1CN(C(=O)C(=O)O)CC[C@H]1NC(=O)c1nc(Cl)c(CC)[nH]1. The van der Waals surface area contributed by atoms with Crippen LogP contribution in [0.5, 0.6) is 0 Å². The Hall–Kier alpha value is -2.13. The van der Waals surface area contributed by atoms with Crippen LogP contribution in [0.4, 0.5) is 0 Å². The molecule has 0 radical (unpaired) electrons. The van der Waals surface area contributed by atoms with E-state index < -0.39 is 23.9 Å². The number of halogens is 1. The van der Waals surface area contributed by atoms with Crippen LogP contribution in [0.25, 0.3) is 0 Å². The van der Waals surface area contributed by atoms with Crippen LogP contribution >= 0.6 is 11.6 Å². The smallest absolute Gasteiger partial charge is 0.394 e. The van der Waals surface area contributed by atoms with Crippen molar-refractivity contribution in [1.82, 2.24) is 20.2 Å². The predicted molar refractivity (Wildman–Crippen MR) is 88.5 cm³/mol. The average molecular weight is 373 g/mol. The Labute approximate surface area is 149 Å². The highest BCUT2D eigenvalue weighted by molar-refractivity contribution is 6.31. The number of aromatic amines is 1. The molecule has 1 aliphatic rings. The first kappa shape index (κ1) is 19.2. The molecule has 0 aromatic carbocycles. The van der Waals surface area contributed by atoms with Crippen molar-refractivity contribution in [3.63, 3.8) is 0 Å². The summed E-state index contributed by atoms with van der Waals surface area (Å²) in [6, 6.07) is -0.362. The molecule has 3 N–H and O–H groups in total. The second-order valence-corrected chi connectivity index (χ2v) is 5.99. The maximum absolute atomic E-state index is 12.4. The number of hydrogen-bond acceptors (Lipinski definition) is 5. The van der Waals surface area contributed by atoms with Crippen molar-refractivity contribution >= 4 is 29.4 Å². The van der Waals surface area contributed by atoms with Crippen molar-refractivity contribution in [3.05, 3.63) is 16.7 Å². The first-order valence-corrected chi connectivity index (χ1v) is 8.44. The van der Waals surface area contributed by atoms with Gasteiger partial charge in [-0.1, -0.05) is 18.5 Å². The highest BCUT2D eigenvalue weighted by Crippen LogP contribution is 2.17. The minimum atomic E-state index is -1.50. The van der Waals surface area contributed by atoms with Gasteiger partial charge in [-0.2, -0.15) is 0 Å². The molecule has 1 saturated heterocycles. The van der Waals surface area contributed by atoms with Crippen LogP contribution in [-0.4, -0.2) is 69.6 Å². The zero-order valence-electron chi connectivity index (χ0n) is 14.0. The molecule has 1 aromatic heterocycles. The molecule has 0 unspecified atom stereocenters. The number of imidazole rings is 1. The molecular formula is C15H21ClN4O5. The normalized spacial score (nSPS) is 20.4. The third kappa shape index (κ3) is 4.49. The number of piperidine rings is 1. The number of H-pyrrole nitrogens is 1. The molecule has 0 spiro atoms. The van der Waals surface area contributed by atoms with Crippen molar-refractivity contribution in [1.29, 1.82) is 0 Å². The van der Waals surface area contributed by atoms with Gasteiger partial charge in [0.25, 0.3) is 5.91 Å². The van der Waals surface area contributed by atoms with Crippen molar-refractivity contribution in [2.75, 3.05) is 19.7 Å². The van der Waals surface area contributed by atoms with Gasteiger partial charge in [-0.15, -0.1) is 0 Å². The number of likely N-dealkylation sites (tertiary alicyclic amines) is 1. The number of carboxylic acids is 1. The average Bonchev–Trinajstić information content (AvgIpc) is 2.96. The van der Waals surface area contributed by atoms with Gasteiger partial charge in [0.15, 0.2) is 11.0 Å². The van der Waals surface area contributed by atoms with E-state index in [-0.39, 0.29) is 30.1 Å². The van der Waals surface area contributed by atoms with Gasteiger partial charge >= 0.3 is 11.9 Å². The van der Waals surface area contributed by atoms with Crippen LogP contribution in [0.2, 0.25) is 5.15 Å². The highest BCUT2D eigenvalue weighted by atomic mass is 35.5. The molecule has 25 heavy (non-hydrogen) atoms. The molecule has 1 aliphatic heterocycles. The summed E-state index contributed by atoms with van der Waals surface area (Å²) in [5.74, 6) is -2.79. The van der Waals surface area contributed by atoms with Gasteiger partial charge in [0.1, 0.15) is 0 Å². The Morgan fingerprint density at radius 3 is 2.72 bits per heavy atom. The highest BCUT2D eigenvalue weighted by Gasteiger charge is 2.35. The summed E-state index contributed by atoms with van der Waals surface area (Å²) in [6.45, 7) is 4.37. The lowest BCUT2D eigenvalue weighted by Crippen LogP contribution is -2.57. The van der Waals surface area contributed by atoms with Gasteiger partial charge in [0.05, 0.1) is 17.8 Å². The molecule has 0 bridgehead atoms. The summed E-state index contributed by atoms with van der Waals surface area (Å²) in [7, 11) is 0. The third-order valence-electron chi connectivity index (χ3n) is 4.02. The quantitative estimate of drug-likeness (QED) is 0.644. The molecule has 10 heteroatoms. The van der Waals surface area contributed by atoms with E-state index in [1.165, 1.54) is 4.90 Å². The lowest BCUT2D eigenvalue weighted by atomic mass is 10.0. The lowest BCUT2D eigenvalue weighted by Gasteiger charge is -2.37. The first-order valence-electron chi connectivity index (χ1n) is 8.06. The van der Waals surface area contributed by atoms with Crippen LogP contribution in [0, 0.1) is 0 Å². The van der Waals surface area contributed by atoms with E-state index in [1.807, 2.05) is 6.92 Å². The maximum Gasteiger partial charge on any atom is 0.394 e. The Morgan fingerprint density at radius 1 is 1.44 bits per heavy atom. The molecule has 1 fully saturated rings. The second kappa shape index (κ2) is 8.30. The zero-order valence-corrected chi connectivity index (χ0v) is 14.8. The van der Waals surface area contributed by atoms with Gasteiger partial charge in [-0.05, 0) is 19.8 Å². The van der Waals surface area contributed by atoms with Gasteiger partial charge in [-0.3, -0.25) is 9.59 Å². The maximum atomic E-state index is 12.4. The van der Waals surface area contributed by atoms with Gasteiger partial charge in [-0.25, -0.2) is 9.78 Å². The molecule has 2 amide bonds. The van der Waals surface area contributed by atoms with Crippen molar-refractivity contribution in [2.45, 2.75) is 38.8 Å². The van der Waals surface area contributed by atoms with Crippen LogP contribution in [-0.2, 0) is 20.7 Å². The van der Waals surface area contributed by atoms with Crippen molar-refractivity contribution in [2.24, 2.45) is 0 Å². The predicted octanol–water partition coefficient (Wildman–Crippen LogP) is 0.446. The molecule has 138 valence electrons. The zero-order chi connectivity index (χ0) is 18.6. The van der Waals surface area contributed by atoms with E-state index in [0.29, 0.717) is 25.1 Å². The fraction of sp³-hybridized carbons (Fsp3) is 0.600. The summed E-state index contributed by atoms with van der Waals surface area (Å²) >= 11 is 5.95. The van der Waals surface area contributed by atoms with E-state index in [0.717, 1.165) is 0 Å². The number of carboxylic acid groups (broad SMARTS) is 1. The summed E-state index contributed by atoms with van der Waals surface area (Å²) in [5.41, 5.74) is 0.676. The summed E-state index contributed by atoms with van der Waals surface area (Å²) in [5, 5.41) is 11.9. The van der Waals surface area contributed by atoms with Crippen LogP contribution in [0.3, 0.4) is 0 Å². The summed E-state index contributed by atoms with van der Waals surface area (Å²) in [4.78, 5) is 42.9. The number of hydrogen-bond donors (Lipinski definition) is 3. The molecular weight excluding hydrogens is 352 g/mol. The number of aliphatic carboxylic acids is 1. The first-order chi connectivity index (χ1) is 11.9. The number of carbonyl (C=O) groups is 3. The van der Waals surface area contributed by atoms with Gasteiger partial charge in [0.2, 0.25) is 0 Å². The van der Waals surface area contributed by atoms with E-state index in [9.17, 15) is 14.4 Å². The standard InChI is InChI=1S/C15H21ClN4O5/c1-3-8-11(16)19-12(17-8)13(21)18-9-5-6-20(14(22)15(23)24)7-10(9)25-4-2/h9-10H,3-7H2,1-2H3,(H,17,19)(H,18,21)(H,23,24)/t9-,10+/m1/s1. The lowest BCUT2D eigenvalue weighted by molar-refractivity contribution is -0.158. The molecule has 2 rings (SSSR count). The molecule has 1 aromatic rings. The van der Waals surface area contributed by atoms with E-state index >= 15 is 0 Å². The fourth-order valence-electron chi connectivity index (χ4n) is 2.75. The van der Waals surface area contributed by atoms with E-state index in [2.05, 4.69) is 15.3 Å². The Kier molecular flexibility index (Phi) is 6.38. The van der Waals surface area contributed by atoms with Gasteiger partial charge < -0.3 is 25.0 Å². The molecule has 0 aliphatic carbocycles. The fourth-order valence-corrected chi connectivity index (χ4v) is 3.02. The molecule has 2 heterocycles. The summed E-state index contributed by atoms with van der Waals surface area (Å²) in [6.07, 6.45) is 0.503. The minimum Gasteiger partial charge on any atom is -0.474 e. The summed E-state index contributed by atoms with van der Waals surface area (Å²) < 4.78 is 5.58. The second-order valence-electron chi connectivity index (χ2n) is 5.63. The largest absolute Gasteiger partial charge is 0.474 e. The number of nitrogens with one attached hydrogen (secondary N) is 2. The minimum absolute atomic E-state index is 0.100. The number of ether oxygens (including phenoxy) is 1. The van der Waals surface area contributed by atoms with Crippen LogP contribution in [0.15, 0.2) is 0 Å².